The molecule has 0 bridgehead atoms. The van der Waals surface area contributed by atoms with Crippen molar-refractivity contribution in [1.82, 2.24) is 15.1 Å². The Bertz CT molecular complexity index is 537. The fourth-order valence-electron chi connectivity index (χ4n) is 2.43. The van der Waals surface area contributed by atoms with Crippen molar-refractivity contribution in [2.75, 3.05) is 6.54 Å². The molecule has 1 atom stereocenters. The third-order valence-electron chi connectivity index (χ3n) is 3.82. The SMILES string of the molecule is CCCNC(C)c1cnn(Cc2c(C)cccc2C)c1. The van der Waals surface area contributed by atoms with Crippen LogP contribution in [0.15, 0.2) is 30.6 Å². The summed E-state index contributed by atoms with van der Waals surface area (Å²) in [6.07, 6.45) is 5.28. The van der Waals surface area contributed by atoms with E-state index in [9.17, 15) is 0 Å². The number of benzene rings is 1. The second-order valence-electron chi connectivity index (χ2n) is 5.52. The largest absolute Gasteiger partial charge is 0.310 e. The summed E-state index contributed by atoms with van der Waals surface area (Å²) in [5.74, 6) is 0. The maximum absolute atomic E-state index is 4.50. The average molecular weight is 271 g/mol. The van der Waals surface area contributed by atoms with Crippen LogP contribution in [0.5, 0.6) is 0 Å². The van der Waals surface area contributed by atoms with Gasteiger partial charge in [0.25, 0.3) is 0 Å². The summed E-state index contributed by atoms with van der Waals surface area (Å²) in [7, 11) is 0. The molecule has 2 rings (SSSR count). The summed E-state index contributed by atoms with van der Waals surface area (Å²) in [6, 6.07) is 6.80. The number of rotatable bonds is 6. The normalized spacial score (nSPS) is 12.6. The highest BCUT2D eigenvalue weighted by atomic mass is 15.3. The van der Waals surface area contributed by atoms with E-state index >= 15 is 0 Å². The van der Waals surface area contributed by atoms with Crippen LogP contribution in [0.1, 0.15) is 48.6 Å². The predicted octanol–water partition coefficient (Wildman–Crippen LogP) is 3.61. The van der Waals surface area contributed by atoms with Crippen molar-refractivity contribution >= 4 is 0 Å². The molecule has 20 heavy (non-hydrogen) atoms. The van der Waals surface area contributed by atoms with Crippen molar-refractivity contribution < 1.29 is 0 Å². The van der Waals surface area contributed by atoms with Gasteiger partial charge < -0.3 is 5.32 Å². The first kappa shape index (κ1) is 14.8. The molecule has 0 aliphatic rings. The topological polar surface area (TPSA) is 29.9 Å². The molecule has 2 aromatic rings. The molecule has 0 radical (unpaired) electrons. The van der Waals surface area contributed by atoms with Crippen LogP contribution in [0.2, 0.25) is 0 Å². The molecular weight excluding hydrogens is 246 g/mol. The highest BCUT2D eigenvalue weighted by Crippen LogP contribution is 2.16. The molecule has 108 valence electrons. The molecule has 0 fully saturated rings. The van der Waals surface area contributed by atoms with E-state index in [1.165, 1.54) is 22.3 Å². The molecule has 0 amide bonds. The maximum Gasteiger partial charge on any atom is 0.0664 e. The van der Waals surface area contributed by atoms with Crippen LogP contribution >= 0.6 is 0 Å². The van der Waals surface area contributed by atoms with Gasteiger partial charge in [-0.25, -0.2) is 0 Å². The fourth-order valence-corrected chi connectivity index (χ4v) is 2.43. The summed E-state index contributed by atoms with van der Waals surface area (Å²) in [5.41, 5.74) is 5.29. The van der Waals surface area contributed by atoms with Crippen molar-refractivity contribution in [3.8, 4) is 0 Å². The minimum Gasteiger partial charge on any atom is -0.310 e. The summed E-state index contributed by atoms with van der Waals surface area (Å²) in [5, 5.41) is 7.99. The van der Waals surface area contributed by atoms with E-state index in [0.717, 1.165) is 19.5 Å². The lowest BCUT2D eigenvalue weighted by molar-refractivity contribution is 0.569. The van der Waals surface area contributed by atoms with Crippen LogP contribution in [-0.4, -0.2) is 16.3 Å². The molecule has 0 saturated heterocycles. The van der Waals surface area contributed by atoms with E-state index in [1.54, 1.807) is 0 Å². The van der Waals surface area contributed by atoms with E-state index in [4.69, 9.17) is 0 Å². The number of aromatic nitrogens is 2. The monoisotopic (exact) mass is 271 g/mol. The zero-order chi connectivity index (χ0) is 14.5. The molecule has 0 aliphatic carbocycles. The molecule has 1 aromatic heterocycles. The van der Waals surface area contributed by atoms with Gasteiger partial charge >= 0.3 is 0 Å². The Balaban J connectivity index is 2.10. The minimum atomic E-state index is 0.363. The van der Waals surface area contributed by atoms with E-state index < -0.39 is 0 Å². The number of hydrogen-bond donors (Lipinski definition) is 1. The fraction of sp³-hybridized carbons (Fsp3) is 0.471. The first-order valence-corrected chi connectivity index (χ1v) is 7.42. The van der Waals surface area contributed by atoms with Crippen LogP contribution in [0.4, 0.5) is 0 Å². The highest BCUT2D eigenvalue weighted by Gasteiger charge is 2.08. The van der Waals surface area contributed by atoms with Gasteiger partial charge in [-0.1, -0.05) is 25.1 Å². The van der Waals surface area contributed by atoms with Gasteiger partial charge in [-0.3, -0.25) is 4.68 Å². The number of nitrogens with zero attached hydrogens (tertiary/aromatic N) is 2. The first-order valence-electron chi connectivity index (χ1n) is 7.42. The Morgan fingerprint density at radius 3 is 2.60 bits per heavy atom. The molecule has 3 heteroatoms. The van der Waals surface area contributed by atoms with Gasteiger partial charge in [-0.2, -0.15) is 5.10 Å². The number of aryl methyl sites for hydroxylation is 2. The second-order valence-corrected chi connectivity index (χ2v) is 5.52. The van der Waals surface area contributed by atoms with Gasteiger partial charge in [0.1, 0.15) is 0 Å². The lowest BCUT2D eigenvalue weighted by Crippen LogP contribution is -2.18. The van der Waals surface area contributed by atoms with Crippen molar-refractivity contribution in [2.24, 2.45) is 0 Å². The lowest BCUT2D eigenvalue weighted by Gasteiger charge is -2.11. The van der Waals surface area contributed by atoms with Crippen molar-refractivity contribution in [3.05, 3.63) is 52.8 Å². The molecule has 1 N–H and O–H groups in total. The lowest BCUT2D eigenvalue weighted by atomic mass is 10.0. The van der Waals surface area contributed by atoms with Crippen LogP contribution < -0.4 is 5.32 Å². The molecule has 1 aromatic carbocycles. The minimum absolute atomic E-state index is 0.363. The summed E-state index contributed by atoms with van der Waals surface area (Å²) < 4.78 is 2.04. The molecule has 0 aliphatic heterocycles. The molecule has 1 unspecified atom stereocenters. The third-order valence-corrected chi connectivity index (χ3v) is 3.82. The number of nitrogens with one attached hydrogen (secondary N) is 1. The van der Waals surface area contributed by atoms with Crippen LogP contribution in [0.3, 0.4) is 0 Å². The van der Waals surface area contributed by atoms with Crippen molar-refractivity contribution in [3.63, 3.8) is 0 Å². The summed E-state index contributed by atoms with van der Waals surface area (Å²) in [6.45, 7) is 10.6. The van der Waals surface area contributed by atoms with Crippen LogP contribution in [0.25, 0.3) is 0 Å². The first-order chi connectivity index (χ1) is 9.61. The zero-order valence-electron chi connectivity index (χ0n) is 13.0. The van der Waals surface area contributed by atoms with Gasteiger partial charge in [0.05, 0.1) is 12.7 Å². The average Bonchev–Trinajstić information content (AvgIpc) is 2.89. The van der Waals surface area contributed by atoms with Crippen LogP contribution in [-0.2, 0) is 6.54 Å². The highest BCUT2D eigenvalue weighted by molar-refractivity contribution is 5.33. The Morgan fingerprint density at radius 1 is 1.25 bits per heavy atom. The Hall–Kier alpha value is -1.61. The summed E-state index contributed by atoms with van der Waals surface area (Å²) >= 11 is 0. The van der Waals surface area contributed by atoms with Gasteiger partial charge in [0, 0.05) is 17.8 Å². The van der Waals surface area contributed by atoms with E-state index in [0.29, 0.717) is 6.04 Å². The molecule has 0 spiro atoms. The van der Waals surface area contributed by atoms with Crippen LogP contribution in [0, 0.1) is 13.8 Å². The van der Waals surface area contributed by atoms with E-state index in [1.807, 2.05) is 10.9 Å². The Labute approximate surface area is 122 Å². The maximum atomic E-state index is 4.50. The zero-order valence-corrected chi connectivity index (χ0v) is 13.0. The van der Waals surface area contributed by atoms with Crippen molar-refractivity contribution in [1.29, 1.82) is 0 Å². The smallest absolute Gasteiger partial charge is 0.0664 e. The third kappa shape index (κ3) is 3.48. The molecule has 0 saturated carbocycles. The van der Waals surface area contributed by atoms with E-state index in [-0.39, 0.29) is 0 Å². The Morgan fingerprint density at radius 2 is 1.95 bits per heavy atom. The second kappa shape index (κ2) is 6.71. The summed E-state index contributed by atoms with van der Waals surface area (Å²) in [4.78, 5) is 0. The predicted molar refractivity (Wildman–Crippen MR) is 84.0 cm³/mol. The van der Waals surface area contributed by atoms with Gasteiger partial charge in [-0.15, -0.1) is 0 Å². The molecule has 1 heterocycles. The van der Waals surface area contributed by atoms with Gasteiger partial charge in [-0.05, 0) is 50.4 Å². The quantitative estimate of drug-likeness (QED) is 0.870. The van der Waals surface area contributed by atoms with E-state index in [2.05, 4.69) is 62.5 Å². The standard InChI is InChI=1S/C17H25N3/c1-5-9-18-15(4)16-10-19-20(11-16)12-17-13(2)7-6-8-14(17)3/h6-8,10-11,15,18H,5,9,12H2,1-4H3. The van der Waals surface area contributed by atoms with Crippen molar-refractivity contribution in [2.45, 2.75) is 46.7 Å². The number of hydrogen-bond acceptors (Lipinski definition) is 2. The molecular formula is C17H25N3. The van der Waals surface area contributed by atoms with Gasteiger partial charge in [0.2, 0.25) is 0 Å². The Kier molecular flexibility index (Phi) is 4.96. The molecule has 3 nitrogen and oxygen atoms in total. The van der Waals surface area contributed by atoms with Gasteiger partial charge in [0.15, 0.2) is 0 Å².